The summed E-state index contributed by atoms with van der Waals surface area (Å²) in [4.78, 5) is 0. The summed E-state index contributed by atoms with van der Waals surface area (Å²) in [5, 5.41) is 0.670. The highest BCUT2D eigenvalue weighted by atomic mass is 35.5. The lowest BCUT2D eigenvalue weighted by Crippen LogP contribution is -1.89. The second kappa shape index (κ2) is 3.95. The van der Waals surface area contributed by atoms with Crippen molar-refractivity contribution in [3.8, 4) is 11.1 Å². The van der Waals surface area contributed by atoms with Gasteiger partial charge in [0, 0.05) is 16.3 Å². The van der Waals surface area contributed by atoms with E-state index in [9.17, 15) is 0 Å². The molecule has 76 valence electrons. The van der Waals surface area contributed by atoms with Gasteiger partial charge in [-0.2, -0.15) is 0 Å². The fourth-order valence-electron chi connectivity index (χ4n) is 1.53. The number of aryl methyl sites for hydroxylation is 1. The molecule has 0 aromatic heterocycles. The van der Waals surface area contributed by atoms with Crippen LogP contribution in [0.2, 0.25) is 5.02 Å². The molecule has 0 spiro atoms. The Morgan fingerprint density at radius 3 is 2.27 bits per heavy atom. The molecule has 0 heterocycles. The first-order valence-electron chi connectivity index (χ1n) is 4.79. The topological polar surface area (TPSA) is 26.0 Å². The highest BCUT2D eigenvalue weighted by molar-refractivity contribution is 6.31. The summed E-state index contributed by atoms with van der Waals surface area (Å²) < 4.78 is 0. The van der Waals surface area contributed by atoms with Crippen LogP contribution >= 0.6 is 11.6 Å². The number of nitrogens with two attached hydrogens (primary N) is 1. The average molecular weight is 218 g/mol. The Labute approximate surface area is 94.5 Å². The van der Waals surface area contributed by atoms with Crippen LogP contribution in [0.4, 0.5) is 5.69 Å². The fourth-order valence-corrected chi connectivity index (χ4v) is 1.71. The number of halogens is 1. The third kappa shape index (κ3) is 2.13. The first-order chi connectivity index (χ1) is 7.16. The predicted molar refractivity (Wildman–Crippen MR) is 66.0 cm³/mol. The Morgan fingerprint density at radius 1 is 1.00 bits per heavy atom. The summed E-state index contributed by atoms with van der Waals surface area (Å²) in [6.45, 7) is 2.06. The van der Waals surface area contributed by atoms with Gasteiger partial charge in [0.15, 0.2) is 0 Å². The summed E-state index contributed by atoms with van der Waals surface area (Å²) in [7, 11) is 0. The molecule has 2 heteroatoms. The first kappa shape index (κ1) is 10.1. The van der Waals surface area contributed by atoms with E-state index in [4.69, 9.17) is 17.3 Å². The van der Waals surface area contributed by atoms with Crippen LogP contribution in [0.15, 0.2) is 42.5 Å². The maximum Gasteiger partial charge on any atom is 0.0426 e. The van der Waals surface area contributed by atoms with Crippen LogP contribution in [-0.4, -0.2) is 0 Å². The van der Waals surface area contributed by atoms with Crippen molar-refractivity contribution in [1.29, 1.82) is 0 Å². The van der Waals surface area contributed by atoms with Crippen molar-refractivity contribution < 1.29 is 0 Å². The van der Waals surface area contributed by atoms with Crippen LogP contribution in [0, 0.1) is 6.92 Å². The largest absolute Gasteiger partial charge is 0.398 e. The van der Waals surface area contributed by atoms with Crippen LogP contribution in [0.5, 0.6) is 0 Å². The van der Waals surface area contributed by atoms with Gasteiger partial charge in [0.1, 0.15) is 0 Å². The molecule has 2 aromatic rings. The van der Waals surface area contributed by atoms with Gasteiger partial charge >= 0.3 is 0 Å². The van der Waals surface area contributed by atoms with E-state index in [0.29, 0.717) is 10.7 Å². The Hall–Kier alpha value is -1.47. The molecule has 0 radical (unpaired) electrons. The number of nitrogen functional groups attached to an aromatic ring is 1. The van der Waals surface area contributed by atoms with Gasteiger partial charge < -0.3 is 5.73 Å². The minimum absolute atomic E-state index is 0.670. The molecule has 15 heavy (non-hydrogen) atoms. The van der Waals surface area contributed by atoms with E-state index in [1.165, 1.54) is 5.56 Å². The molecule has 0 aliphatic heterocycles. The van der Waals surface area contributed by atoms with E-state index in [0.717, 1.165) is 11.1 Å². The maximum atomic E-state index is 5.91. The Balaban J connectivity index is 2.49. The van der Waals surface area contributed by atoms with Crippen molar-refractivity contribution in [2.24, 2.45) is 0 Å². The Kier molecular flexibility index (Phi) is 2.65. The molecule has 2 N–H and O–H groups in total. The summed E-state index contributed by atoms with van der Waals surface area (Å²) in [6.07, 6.45) is 0. The second-order valence-electron chi connectivity index (χ2n) is 3.60. The van der Waals surface area contributed by atoms with Crippen LogP contribution in [0.1, 0.15) is 5.56 Å². The average Bonchev–Trinajstić information content (AvgIpc) is 2.20. The minimum atomic E-state index is 0.670. The standard InChI is InChI=1S/C13H12ClN/c1-9-2-4-10(5-3-9)12-7-6-11(14)8-13(12)15/h2-8H,15H2,1H3. The molecule has 0 bridgehead atoms. The normalized spacial score (nSPS) is 10.3. The first-order valence-corrected chi connectivity index (χ1v) is 5.17. The van der Waals surface area contributed by atoms with Gasteiger partial charge in [-0.3, -0.25) is 0 Å². The van der Waals surface area contributed by atoms with Gasteiger partial charge in [-0.25, -0.2) is 0 Å². The quantitative estimate of drug-likeness (QED) is 0.721. The lowest BCUT2D eigenvalue weighted by atomic mass is 10.0. The fraction of sp³-hybridized carbons (Fsp3) is 0.0769. The summed E-state index contributed by atoms with van der Waals surface area (Å²) in [5.41, 5.74) is 10.0. The zero-order valence-corrected chi connectivity index (χ0v) is 9.25. The SMILES string of the molecule is Cc1ccc(-c2ccc(Cl)cc2N)cc1. The zero-order valence-electron chi connectivity index (χ0n) is 8.50. The van der Waals surface area contributed by atoms with Crippen LogP contribution < -0.4 is 5.73 Å². The van der Waals surface area contributed by atoms with Crippen molar-refractivity contribution in [1.82, 2.24) is 0 Å². The molecule has 0 amide bonds. The van der Waals surface area contributed by atoms with Gasteiger partial charge in [-0.15, -0.1) is 0 Å². The lowest BCUT2D eigenvalue weighted by Gasteiger charge is -2.06. The van der Waals surface area contributed by atoms with Crippen LogP contribution in [0.3, 0.4) is 0 Å². The van der Waals surface area contributed by atoms with Gasteiger partial charge in [-0.1, -0.05) is 47.5 Å². The number of hydrogen-bond donors (Lipinski definition) is 1. The van der Waals surface area contributed by atoms with Crippen molar-refractivity contribution in [3.63, 3.8) is 0 Å². The highest BCUT2D eigenvalue weighted by Gasteiger charge is 2.02. The minimum Gasteiger partial charge on any atom is -0.398 e. The maximum absolute atomic E-state index is 5.91. The molecular formula is C13H12ClN. The van der Waals surface area contributed by atoms with E-state index in [2.05, 4.69) is 31.2 Å². The molecular weight excluding hydrogens is 206 g/mol. The molecule has 0 aliphatic carbocycles. The monoisotopic (exact) mass is 217 g/mol. The summed E-state index contributed by atoms with van der Waals surface area (Å²) in [5.74, 6) is 0. The predicted octanol–water partition coefficient (Wildman–Crippen LogP) is 3.90. The van der Waals surface area contributed by atoms with Gasteiger partial charge in [-0.05, 0) is 24.6 Å². The van der Waals surface area contributed by atoms with E-state index in [-0.39, 0.29) is 0 Å². The smallest absolute Gasteiger partial charge is 0.0426 e. The van der Waals surface area contributed by atoms with Gasteiger partial charge in [0.2, 0.25) is 0 Å². The van der Waals surface area contributed by atoms with Crippen LogP contribution in [0.25, 0.3) is 11.1 Å². The van der Waals surface area contributed by atoms with Crippen molar-refractivity contribution in [3.05, 3.63) is 53.1 Å². The van der Waals surface area contributed by atoms with E-state index in [1.54, 1.807) is 6.07 Å². The molecule has 1 nitrogen and oxygen atoms in total. The van der Waals surface area contributed by atoms with Crippen molar-refractivity contribution in [2.75, 3.05) is 5.73 Å². The van der Waals surface area contributed by atoms with E-state index < -0.39 is 0 Å². The van der Waals surface area contributed by atoms with E-state index in [1.807, 2.05) is 12.1 Å². The van der Waals surface area contributed by atoms with Crippen molar-refractivity contribution >= 4 is 17.3 Å². The molecule has 2 aromatic carbocycles. The third-order valence-corrected chi connectivity index (χ3v) is 2.61. The third-order valence-electron chi connectivity index (χ3n) is 2.38. The summed E-state index contributed by atoms with van der Waals surface area (Å²) >= 11 is 5.85. The molecule has 2 rings (SSSR count). The van der Waals surface area contributed by atoms with Crippen LogP contribution in [-0.2, 0) is 0 Å². The highest BCUT2D eigenvalue weighted by Crippen LogP contribution is 2.28. The van der Waals surface area contributed by atoms with Gasteiger partial charge in [0.25, 0.3) is 0 Å². The number of hydrogen-bond acceptors (Lipinski definition) is 1. The second-order valence-corrected chi connectivity index (χ2v) is 4.03. The lowest BCUT2D eigenvalue weighted by molar-refractivity contribution is 1.47. The molecule has 0 fully saturated rings. The molecule has 0 saturated heterocycles. The molecule has 0 atom stereocenters. The number of benzene rings is 2. The summed E-state index contributed by atoms with van der Waals surface area (Å²) in [6, 6.07) is 13.9. The zero-order chi connectivity index (χ0) is 10.8. The molecule has 0 saturated carbocycles. The molecule has 0 unspecified atom stereocenters. The molecule has 0 aliphatic rings. The number of anilines is 1. The van der Waals surface area contributed by atoms with Gasteiger partial charge in [0.05, 0.1) is 0 Å². The Bertz CT molecular complexity index is 474. The Morgan fingerprint density at radius 2 is 1.67 bits per heavy atom. The van der Waals surface area contributed by atoms with Crippen molar-refractivity contribution in [2.45, 2.75) is 6.92 Å². The number of rotatable bonds is 1. The van der Waals surface area contributed by atoms with E-state index >= 15 is 0 Å².